The second kappa shape index (κ2) is 4.50. The van der Waals surface area contributed by atoms with Gasteiger partial charge in [-0.25, -0.2) is 4.98 Å². The van der Waals surface area contributed by atoms with Gasteiger partial charge in [-0.1, -0.05) is 6.42 Å². The molecule has 1 saturated carbocycles. The Balaban J connectivity index is 1.68. The van der Waals surface area contributed by atoms with Crippen LogP contribution in [0.1, 0.15) is 37.8 Å². The van der Waals surface area contributed by atoms with Crippen molar-refractivity contribution in [2.75, 3.05) is 18.0 Å². The number of nitrogens with zero attached hydrogens (tertiary/aromatic N) is 3. The molecule has 3 rings (SSSR count). The number of piperidine rings is 1. The van der Waals surface area contributed by atoms with Gasteiger partial charge in [0.2, 0.25) is 0 Å². The van der Waals surface area contributed by atoms with Gasteiger partial charge < -0.3 is 10.6 Å². The van der Waals surface area contributed by atoms with Crippen LogP contribution < -0.4 is 10.6 Å². The molecule has 1 spiro atoms. The normalized spacial score (nSPS) is 26.8. The Bertz CT molecular complexity index is 406. The van der Waals surface area contributed by atoms with Gasteiger partial charge in [-0.05, 0) is 38.0 Å². The van der Waals surface area contributed by atoms with E-state index in [1.165, 1.54) is 32.1 Å². The fraction of sp³-hybridized carbons (Fsp3) is 0.714. The SMILES string of the molecule is Cc1cnc(N2CCC3(CCC[C@H]3N)CC2)cn1. The molecule has 1 aliphatic heterocycles. The van der Waals surface area contributed by atoms with Crippen LogP contribution in [0.3, 0.4) is 0 Å². The summed E-state index contributed by atoms with van der Waals surface area (Å²) in [5.74, 6) is 1.02. The van der Waals surface area contributed by atoms with Crippen molar-refractivity contribution in [3.05, 3.63) is 18.1 Å². The highest BCUT2D eigenvalue weighted by molar-refractivity contribution is 5.36. The first kappa shape index (κ1) is 11.9. The summed E-state index contributed by atoms with van der Waals surface area (Å²) in [6.07, 6.45) is 10.0. The van der Waals surface area contributed by atoms with Crippen molar-refractivity contribution in [3.63, 3.8) is 0 Å². The molecular formula is C14H22N4. The molecule has 0 unspecified atom stereocenters. The van der Waals surface area contributed by atoms with Gasteiger partial charge in [-0.3, -0.25) is 4.98 Å². The predicted molar refractivity (Wildman–Crippen MR) is 72.5 cm³/mol. The first-order chi connectivity index (χ1) is 8.70. The van der Waals surface area contributed by atoms with E-state index in [0.29, 0.717) is 11.5 Å². The Morgan fingerprint density at radius 1 is 1.22 bits per heavy atom. The van der Waals surface area contributed by atoms with Crippen LogP contribution in [-0.2, 0) is 0 Å². The van der Waals surface area contributed by atoms with Crippen LogP contribution in [0, 0.1) is 12.3 Å². The van der Waals surface area contributed by atoms with Gasteiger partial charge in [0, 0.05) is 19.1 Å². The van der Waals surface area contributed by atoms with E-state index in [2.05, 4.69) is 14.9 Å². The van der Waals surface area contributed by atoms with E-state index in [4.69, 9.17) is 5.73 Å². The van der Waals surface area contributed by atoms with E-state index in [0.717, 1.165) is 24.6 Å². The average Bonchev–Trinajstić information content (AvgIpc) is 2.73. The molecule has 18 heavy (non-hydrogen) atoms. The molecule has 1 aromatic heterocycles. The molecule has 2 heterocycles. The predicted octanol–water partition coefficient (Wildman–Crippen LogP) is 1.88. The summed E-state index contributed by atoms with van der Waals surface area (Å²) in [5, 5.41) is 0. The lowest BCUT2D eigenvalue weighted by Crippen LogP contribution is -2.47. The number of anilines is 1. The molecule has 4 nitrogen and oxygen atoms in total. The van der Waals surface area contributed by atoms with E-state index >= 15 is 0 Å². The number of rotatable bonds is 1. The fourth-order valence-corrected chi connectivity index (χ4v) is 3.52. The molecule has 1 saturated heterocycles. The van der Waals surface area contributed by atoms with Crippen LogP contribution in [0.25, 0.3) is 0 Å². The second-order valence-corrected chi connectivity index (χ2v) is 5.86. The largest absolute Gasteiger partial charge is 0.355 e. The van der Waals surface area contributed by atoms with E-state index in [1.807, 2.05) is 19.3 Å². The van der Waals surface area contributed by atoms with Crippen LogP contribution in [0.15, 0.2) is 12.4 Å². The van der Waals surface area contributed by atoms with Crippen LogP contribution in [0.4, 0.5) is 5.82 Å². The molecule has 2 aliphatic rings. The minimum atomic E-state index is 0.420. The highest BCUT2D eigenvalue weighted by atomic mass is 15.2. The molecule has 0 amide bonds. The molecule has 98 valence electrons. The highest BCUT2D eigenvalue weighted by Gasteiger charge is 2.42. The summed E-state index contributed by atoms with van der Waals surface area (Å²) < 4.78 is 0. The van der Waals surface area contributed by atoms with E-state index in [9.17, 15) is 0 Å². The summed E-state index contributed by atoms with van der Waals surface area (Å²) >= 11 is 0. The maximum Gasteiger partial charge on any atom is 0.147 e. The third kappa shape index (κ3) is 1.99. The zero-order valence-electron chi connectivity index (χ0n) is 11.1. The summed E-state index contributed by atoms with van der Waals surface area (Å²) in [6.45, 7) is 4.12. The van der Waals surface area contributed by atoms with Crippen molar-refractivity contribution in [3.8, 4) is 0 Å². The smallest absolute Gasteiger partial charge is 0.147 e. The van der Waals surface area contributed by atoms with Gasteiger partial charge in [0.15, 0.2) is 0 Å². The van der Waals surface area contributed by atoms with Crippen molar-refractivity contribution < 1.29 is 0 Å². The summed E-state index contributed by atoms with van der Waals surface area (Å²) in [6, 6.07) is 0.420. The number of nitrogens with two attached hydrogens (primary N) is 1. The second-order valence-electron chi connectivity index (χ2n) is 5.86. The zero-order chi connectivity index (χ0) is 12.6. The lowest BCUT2D eigenvalue weighted by Gasteiger charge is -2.42. The van der Waals surface area contributed by atoms with E-state index in [1.54, 1.807) is 0 Å². The molecule has 0 radical (unpaired) electrons. The Kier molecular flexibility index (Phi) is 2.98. The average molecular weight is 246 g/mol. The summed E-state index contributed by atoms with van der Waals surface area (Å²) in [5.41, 5.74) is 7.70. The molecule has 1 aromatic rings. The molecule has 1 atom stereocenters. The van der Waals surface area contributed by atoms with E-state index < -0.39 is 0 Å². The standard InChI is InChI=1S/C14H22N4/c1-11-9-17-13(10-16-11)18-7-5-14(6-8-18)4-2-3-12(14)15/h9-10,12H,2-8,15H2,1H3/t12-/m1/s1. The number of hydrogen-bond donors (Lipinski definition) is 1. The van der Waals surface area contributed by atoms with Crippen molar-refractivity contribution in [2.24, 2.45) is 11.1 Å². The van der Waals surface area contributed by atoms with Crippen LogP contribution in [0.5, 0.6) is 0 Å². The zero-order valence-corrected chi connectivity index (χ0v) is 11.1. The monoisotopic (exact) mass is 246 g/mol. The van der Waals surface area contributed by atoms with Gasteiger partial charge >= 0.3 is 0 Å². The third-order valence-electron chi connectivity index (χ3n) is 4.83. The number of hydrogen-bond acceptors (Lipinski definition) is 4. The third-order valence-corrected chi connectivity index (χ3v) is 4.83. The van der Waals surface area contributed by atoms with Crippen molar-refractivity contribution in [1.82, 2.24) is 9.97 Å². The van der Waals surface area contributed by atoms with Crippen molar-refractivity contribution in [1.29, 1.82) is 0 Å². The molecule has 0 bridgehead atoms. The van der Waals surface area contributed by atoms with Gasteiger partial charge in [0.05, 0.1) is 18.1 Å². The highest BCUT2D eigenvalue weighted by Crippen LogP contribution is 2.45. The lowest BCUT2D eigenvalue weighted by molar-refractivity contribution is 0.197. The van der Waals surface area contributed by atoms with Crippen molar-refractivity contribution >= 4 is 5.82 Å². The van der Waals surface area contributed by atoms with Gasteiger partial charge in [-0.2, -0.15) is 0 Å². The maximum absolute atomic E-state index is 6.30. The Hall–Kier alpha value is -1.16. The molecule has 1 aliphatic carbocycles. The van der Waals surface area contributed by atoms with Gasteiger partial charge in [0.25, 0.3) is 0 Å². The van der Waals surface area contributed by atoms with Gasteiger partial charge in [0.1, 0.15) is 5.82 Å². The molecule has 2 fully saturated rings. The minimum Gasteiger partial charge on any atom is -0.355 e. The Morgan fingerprint density at radius 3 is 2.56 bits per heavy atom. The Morgan fingerprint density at radius 2 is 2.00 bits per heavy atom. The summed E-state index contributed by atoms with van der Waals surface area (Å²) in [7, 11) is 0. The van der Waals surface area contributed by atoms with Crippen LogP contribution in [0.2, 0.25) is 0 Å². The lowest BCUT2D eigenvalue weighted by atomic mass is 9.74. The number of aromatic nitrogens is 2. The molecule has 2 N–H and O–H groups in total. The first-order valence-electron chi connectivity index (χ1n) is 6.99. The minimum absolute atomic E-state index is 0.420. The molecule has 0 aromatic carbocycles. The van der Waals surface area contributed by atoms with Crippen LogP contribution >= 0.6 is 0 Å². The quantitative estimate of drug-likeness (QED) is 0.822. The first-order valence-corrected chi connectivity index (χ1v) is 6.99. The summed E-state index contributed by atoms with van der Waals surface area (Å²) in [4.78, 5) is 11.1. The Labute approximate surface area is 109 Å². The number of aryl methyl sites for hydroxylation is 1. The van der Waals surface area contributed by atoms with Crippen LogP contribution in [-0.4, -0.2) is 29.1 Å². The topological polar surface area (TPSA) is 55.0 Å². The maximum atomic E-state index is 6.30. The van der Waals surface area contributed by atoms with E-state index in [-0.39, 0.29) is 0 Å². The van der Waals surface area contributed by atoms with Crippen molar-refractivity contribution in [2.45, 2.75) is 45.1 Å². The van der Waals surface area contributed by atoms with Gasteiger partial charge in [-0.15, -0.1) is 0 Å². The fourth-order valence-electron chi connectivity index (χ4n) is 3.52. The molecular weight excluding hydrogens is 224 g/mol. The molecule has 4 heteroatoms.